The number of aromatic nitrogens is 1. The highest BCUT2D eigenvalue weighted by Gasteiger charge is 2.14. The summed E-state index contributed by atoms with van der Waals surface area (Å²) in [6, 6.07) is 16.8. The number of hydrogen-bond donors (Lipinski definition) is 2. The number of hydrogen-bond acceptors (Lipinski definition) is 4. The Bertz CT molecular complexity index is 918. The lowest BCUT2D eigenvalue weighted by molar-refractivity contribution is 0.102. The van der Waals surface area contributed by atoms with Crippen molar-refractivity contribution in [1.82, 2.24) is 4.98 Å². The number of carbonyl (C=O) groups excluding carboxylic acids is 1. The second-order valence-electron chi connectivity index (χ2n) is 5.98. The summed E-state index contributed by atoms with van der Waals surface area (Å²) < 4.78 is 5.20. The highest BCUT2D eigenvalue weighted by atomic mass is 16.5. The van der Waals surface area contributed by atoms with E-state index in [0.717, 1.165) is 16.8 Å². The van der Waals surface area contributed by atoms with Crippen LogP contribution in [0.3, 0.4) is 0 Å². The fourth-order valence-electron chi connectivity index (χ4n) is 2.72. The summed E-state index contributed by atoms with van der Waals surface area (Å²) in [4.78, 5) is 17.1. The minimum atomic E-state index is -0.236. The molecule has 2 aromatic carbocycles. The summed E-state index contributed by atoms with van der Waals surface area (Å²) in [6.45, 7) is 4.04. The molecule has 3 rings (SSSR count). The van der Waals surface area contributed by atoms with E-state index in [1.165, 1.54) is 0 Å². The smallest absolute Gasteiger partial charge is 0.259 e. The lowest BCUT2D eigenvalue weighted by Gasteiger charge is -2.15. The van der Waals surface area contributed by atoms with Gasteiger partial charge in [0.25, 0.3) is 5.91 Å². The minimum absolute atomic E-state index is 0.236. The Morgan fingerprint density at radius 1 is 1.00 bits per heavy atom. The van der Waals surface area contributed by atoms with Crippen LogP contribution in [-0.4, -0.2) is 18.0 Å². The third-order valence-electron chi connectivity index (χ3n) is 4.10. The predicted octanol–water partition coefficient (Wildman–Crippen LogP) is 4.70. The number of rotatable bonds is 5. The van der Waals surface area contributed by atoms with Crippen molar-refractivity contribution in [1.29, 1.82) is 0 Å². The average molecular weight is 347 g/mol. The third-order valence-corrected chi connectivity index (χ3v) is 4.10. The Morgan fingerprint density at radius 2 is 1.73 bits per heavy atom. The second kappa shape index (κ2) is 7.70. The van der Waals surface area contributed by atoms with Crippen LogP contribution in [0.25, 0.3) is 0 Å². The maximum atomic E-state index is 12.8. The number of ether oxygens (including phenoxy) is 1. The van der Waals surface area contributed by atoms with Crippen LogP contribution in [0.1, 0.15) is 21.5 Å². The molecule has 0 fully saturated rings. The molecule has 0 saturated carbocycles. The molecule has 0 unspecified atom stereocenters. The highest BCUT2D eigenvalue weighted by molar-refractivity contribution is 6.07. The molecule has 0 bridgehead atoms. The summed E-state index contributed by atoms with van der Waals surface area (Å²) in [5.41, 5.74) is 4.28. The molecule has 0 aliphatic carbocycles. The van der Waals surface area contributed by atoms with Crippen molar-refractivity contribution in [2.45, 2.75) is 13.8 Å². The number of anilines is 3. The summed E-state index contributed by atoms with van der Waals surface area (Å²) in [7, 11) is 1.59. The number of nitrogens with zero attached hydrogens (tertiary/aromatic N) is 1. The summed E-state index contributed by atoms with van der Waals surface area (Å²) in [5, 5.41) is 6.19. The van der Waals surface area contributed by atoms with E-state index in [-0.39, 0.29) is 5.91 Å². The molecule has 2 N–H and O–H groups in total. The summed E-state index contributed by atoms with van der Waals surface area (Å²) in [6.07, 6.45) is 1.66. The fourth-order valence-corrected chi connectivity index (χ4v) is 2.72. The van der Waals surface area contributed by atoms with E-state index < -0.39 is 0 Å². The molecular formula is C21H21N3O2. The van der Waals surface area contributed by atoms with Crippen LogP contribution in [0.15, 0.2) is 60.8 Å². The van der Waals surface area contributed by atoms with Gasteiger partial charge in [-0.25, -0.2) is 4.98 Å². The molecule has 0 saturated heterocycles. The van der Waals surface area contributed by atoms with Crippen molar-refractivity contribution in [2.75, 3.05) is 17.7 Å². The van der Waals surface area contributed by atoms with Gasteiger partial charge in [0, 0.05) is 23.6 Å². The first-order chi connectivity index (χ1) is 12.6. The van der Waals surface area contributed by atoms with Gasteiger partial charge >= 0.3 is 0 Å². The molecule has 1 aromatic heterocycles. The predicted molar refractivity (Wildman–Crippen MR) is 104 cm³/mol. The maximum absolute atomic E-state index is 12.8. The summed E-state index contributed by atoms with van der Waals surface area (Å²) in [5.74, 6) is 0.966. The van der Waals surface area contributed by atoms with Gasteiger partial charge in [0.05, 0.1) is 12.7 Å². The molecule has 0 radical (unpaired) electrons. The average Bonchev–Trinajstić information content (AvgIpc) is 2.65. The van der Waals surface area contributed by atoms with Crippen LogP contribution < -0.4 is 15.4 Å². The van der Waals surface area contributed by atoms with Gasteiger partial charge in [-0.3, -0.25) is 4.79 Å². The van der Waals surface area contributed by atoms with Crippen LogP contribution in [0.2, 0.25) is 0 Å². The Kier molecular flexibility index (Phi) is 5.17. The monoisotopic (exact) mass is 347 g/mol. The van der Waals surface area contributed by atoms with Gasteiger partial charge in [-0.1, -0.05) is 24.3 Å². The molecule has 0 aliphatic rings. The number of nitrogens with one attached hydrogen (secondary N) is 2. The van der Waals surface area contributed by atoms with E-state index in [2.05, 4.69) is 15.6 Å². The molecule has 0 atom stereocenters. The van der Waals surface area contributed by atoms with Crippen LogP contribution in [0, 0.1) is 13.8 Å². The van der Waals surface area contributed by atoms with Gasteiger partial charge in [-0.15, -0.1) is 0 Å². The van der Waals surface area contributed by atoms with Gasteiger partial charge < -0.3 is 15.4 Å². The van der Waals surface area contributed by atoms with E-state index in [4.69, 9.17) is 4.74 Å². The molecular weight excluding hydrogens is 326 g/mol. The molecule has 0 aliphatic heterocycles. The molecule has 0 spiro atoms. The highest BCUT2D eigenvalue weighted by Crippen LogP contribution is 2.26. The van der Waals surface area contributed by atoms with E-state index in [1.54, 1.807) is 31.5 Å². The molecule has 1 amide bonds. The van der Waals surface area contributed by atoms with E-state index in [0.29, 0.717) is 22.8 Å². The molecule has 5 nitrogen and oxygen atoms in total. The van der Waals surface area contributed by atoms with Crippen molar-refractivity contribution in [2.24, 2.45) is 0 Å². The van der Waals surface area contributed by atoms with Crippen molar-refractivity contribution in [3.8, 4) is 5.75 Å². The van der Waals surface area contributed by atoms with Crippen molar-refractivity contribution < 1.29 is 9.53 Å². The standard InChI is InChI=1S/C21H21N3O2/c1-14-7-4-8-15(2)19(14)24-20-18(11-6-12-22-20)21(25)23-16-9-5-10-17(13-16)26-3/h4-13H,1-3H3,(H,22,24)(H,23,25). The molecule has 3 aromatic rings. The first-order valence-electron chi connectivity index (χ1n) is 8.32. The van der Waals surface area contributed by atoms with Gasteiger partial charge in [-0.05, 0) is 49.2 Å². The van der Waals surface area contributed by atoms with Crippen molar-refractivity contribution >= 4 is 23.1 Å². The zero-order chi connectivity index (χ0) is 18.5. The number of amides is 1. The number of pyridine rings is 1. The SMILES string of the molecule is COc1cccc(NC(=O)c2cccnc2Nc2c(C)cccc2C)c1. The first kappa shape index (κ1) is 17.5. The number of para-hydroxylation sites is 1. The Hall–Kier alpha value is -3.34. The lowest BCUT2D eigenvalue weighted by Crippen LogP contribution is -2.15. The molecule has 26 heavy (non-hydrogen) atoms. The Labute approximate surface area is 153 Å². The second-order valence-corrected chi connectivity index (χ2v) is 5.98. The number of aryl methyl sites for hydroxylation is 2. The zero-order valence-corrected chi connectivity index (χ0v) is 15.0. The lowest BCUT2D eigenvalue weighted by atomic mass is 10.1. The van der Waals surface area contributed by atoms with Gasteiger partial charge in [-0.2, -0.15) is 0 Å². The van der Waals surface area contributed by atoms with Crippen LogP contribution in [0.4, 0.5) is 17.2 Å². The van der Waals surface area contributed by atoms with Crippen molar-refractivity contribution in [3.63, 3.8) is 0 Å². The quantitative estimate of drug-likeness (QED) is 0.702. The number of benzene rings is 2. The Balaban J connectivity index is 1.88. The molecule has 132 valence electrons. The normalized spacial score (nSPS) is 10.3. The van der Waals surface area contributed by atoms with Crippen molar-refractivity contribution in [3.05, 3.63) is 77.5 Å². The van der Waals surface area contributed by atoms with Gasteiger partial charge in [0.1, 0.15) is 11.6 Å². The maximum Gasteiger partial charge on any atom is 0.259 e. The third kappa shape index (κ3) is 3.83. The Morgan fingerprint density at radius 3 is 2.46 bits per heavy atom. The number of carbonyl (C=O) groups is 1. The summed E-state index contributed by atoms with van der Waals surface area (Å²) >= 11 is 0. The van der Waals surface area contributed by atoms with Crippen LogP contribution in [0.5, 0.6) is 5.75 Å². The fraction of sp³-hybridized carbons (Fsp3) is 0.143. The van der Waals surface area contributed by atoms with Crippen LogP contribution >= 0.6 is 0 Å². The topological polar surface area (TPSA) is 63.2 Å². The van der Waals surface area contributed by atoms with Gasteiger partial charge in [0.15, 0.2) is 0 Å². The molecule has 1 heterocycles. The van der Waals surface area contributed by atoms with E-state index >= 15 is 0 Å². The van der Waals surface area contributed by atoms with Gasteiger partial charge in [0.2, 0.25) is 0 Å². The largest absolute Gasteiger partial charge is 0.497 e. The first-order valence-corrected chi connectivity index (χ1v) is 8.32. The minimum Gasteiger partial charge on any atom is -0.497 e. The zero-order valence-electron chi connectivity index (χ0n) is 15.0. The van der Waals surface area contributed by atoms with E-state index in [9.17, 15) is 4.79 Å². The molecule has 5 heteroatoms. The van der Waals surface area contributed by atoms with Crippen LogP contribution in [-0.2, 0) is 0 Å². The van der Waals surface area contributed by atoms with E-state index in [1.807, 2.05) is 50.2 Å². The number of methoxy groups -OCH3 is 1.